The zero-order valence-electron chi connectivity index (χ0n) is 10.3. The molecule has 0 bridgehead atoms. The van der Waals surface area contributed by atoms with E-state index in [0.717, 1.165) is 29.0 Å². The molecule has 2 N–H and O–H groups in total. The first kappa shape index (κ1) is 10.8. The first-order valence-corrected chi connectivity index (χ1v) is 6.10. The second kappa shape index (κ2) is 4.18. The Hall–Kier alpha value is -2.29. The average Bonchev–Trinajstić information content (AvgIpc) is 2.81. The molecule has 0 fully saturated rings. The molecule has 0 atom stereocenters. The lowest BCUT2D eigenvalue weighted by Crippen LogP contribution is -1.88. The summed E-state index contributed by atoms with van der Waals surface area (Å²) in [6.07, 6.45) is 4.95. The minimum absolute atomic E-state index is 0.743. The standard InChI is InChI=1S/C15H15N3/c1-2-11-3-5-12(6-4-11)14-10-18-9-13(16)7-8-15(18)17-14/h3-10H,2,16H2,1H3. The number of aryl methyl sites for hydroxylation is 1. The van der Waals surface area contributed by atoms with Gasteiger partial charge in [-0.25, -0.2) is 4.98 Å². The van der Waals surface area contributed by atoms with E-state index in [2.05, 4.69) is 36.2 Å². The van der Waals surface area contributed by atoms with Crippen LogP contribution in [0.5, 0.6) is 0 Å². The van der Waals surface area contributed by atoms with Crippen molar-refractivity contribution >= 4 is 11.3 Å². The lowest BCUT2D eigenvalue weighted by Gasteiger charge is -1.98. The van der Waals surface area contributed by atoms with Crippen molar-refractivity contribution in [2.24, 2.45) is 0 Å². The van der Waals surface area contributed by atoms with Crippen LogP contribution in [-0.4, -0.2) is 9.38 Å². The van der Waals surface area contributed by atoms with Gasteiger partial charge >= 0.3 is 0 Å². The molecule has 3 nitrogen and oxygen atoms in total. The first-order valence-electron chi connectivity index (χ1n) is 6.10. The van der Waals surface area contributed by atoms with Crippen LogP contribution in [0.4, 0.5) is 5.69 Å². The molecule has 2 aromatic heterocycles. The highest BCUT2D eigenvalue weighted by Gasteiger charge is 2.04. The van der Waals surface area contributed by atoms with Crippen LogP contribution in [0.1, 0.15) is 12.5 Å². The molecule has 3 heteroatoms. The third-order valence-corrected chi connectivity index (χ3v) is 3.13. The molecule has 0 unspecified atom stereocenters. The van der Waals surface area contributed by atoms with Crippen molar-refractivity contribution in [1.82, 2.24) is 9.38 Å². The molecule has 18 heavy (non-hydrogen) atoms. The zero-order chi connectivity index (χ0) is 12.5. The second-order valence-corrected chi connectivity index (χ2v) is 4.40. The summed E-state index contributed by atoms with van der Waals surface area (Å²) in [6, 6.07) is 12.3. The van der Waals surface area contributed by atoms with E-state index in [1.165, 1.54) is 5.56 Å². The summed E-state index contributed by atoms with van der Waals surface area (Å²) >= 11 is 0. The number of benzene rings is 1. The fraction of sp³-hybridized carbons (Fsp3) is 0.133. The van der Waals surface area contributed by atoms with Gasteiger partial charge in [0.2, 0.25) is 0 Å². The maximum absolute atomic E-state index is 5.76. The molecule has 0 aliphatic heterocycles. The van der Waals surface area contributed by atoms with Crippen LogP contribution in [0.15, 0.2) is 48.8 Å². The van der Waals surface area contributed by atoms with Crippen molar-refractivity contribution in [1.29, 1.82) is 0 Å². The van der Waals surface area contributed by atoms with Crippen molar-refractivity contribution in [2.45, 2.75) is 13.3 Å². The Bertz CT molecular complexity index is 681. The van der Waals surface area contributed by atoms with Crippen LogP contribution in [0.3, 0.4) is 0 Å². The minimum atomic E-state index is 0.743. The third-order valence-electron chi connectivity index (χ3n) is 3.13. The van der Waals surface area contributed by atoms with Gasteiger partial charge in [-0.15, -0.1) is 0 Å². The first-order chi connectivity index (χ1) is 8.76. The number of fused-ring (bicyclic) bond motifs is 1. The molecule has 0 amide bonds. The van der Waals surface area contributed by atoms with E-state index in [4.69, 9.17) is 5.73 Å². The maximum atomic E-state index is 5.76. The number of imidazole rings is 1. The molecule has 90 valence electrons. The maximum Gasteiger partial charge on any atom is 0.137 e. The van der Waals surface area contributed by atoms with Gasteiger partial charge < -0.3 is 10.1 Å². The molecule has 0 saturated heterocycles. The van der Waals surface area contributed by atoms with E-state index in [9.17, 15) is 0 Å². The number of pyridine rings is 1. The number of hydrogen-bond donors (Lipinski definition) is 1. The van der Waals surface area contributed by atoms with E-state index in [-0.39, 0.29) is 0 Å². The van der Waals surface area contributed by atoms with E-state index in [1.54, 1.807) is 0 Å². The SMILES string of the molecule is CCc1ccc(-c2cn3cc(N)ccc3n2)cc1. The predicted molar refractivity (Wildman–Crippen MR) is 74.4 cm³/mol. The van der Waals surface area contributed by atoms with Crippen LogP contribution < -0.4 is 5.73 Å². The Morgan fingerprint density at radius 1 is 1.06 bits per heavy atom. The summed E-state index contributed by atoms with van der Waals surface area (Å²) in [5, 5.41) is 0. The molecular weight excluding hydrogens is 222 g/mol. The van der Waals surface area contributed by atoms with Gasteiger partial charge in [0.05, 0.1) is 5.69 Å². The number of anilines is 1. The predicted octanol–water partition coefficient (Wildman–Crippen LogP) is 3.15. The summed E-state index contributed by atoms with van der Waals surface area (Å²) in [6.45, 7) is 2.16. The van der Waals surface area contributed by atoms with E-state index in [0.29, 0.717) is 0 Å². The molecular formula is C15H15N3. The lowest BCUT2D eigenvalue weighted by molar-refractivity contribution is 1.14. The van der Waals surface area contributed by atoms with E-state index >= 15 is 0 Å². The largest absolute Gasteiger partial charge is 0.398 e. The van der Waals surface area contributed by atoms with Gasteiger partial charge in [-0.3, -0.25) is 0 Å². The summed E-state index contributed by atoms with van der Waals surface area (Å²) in [5.41, 5.74) is 10.9. The van der Waals surface area contributed by atoms with Gasteiger partial charge in [0.25, 0.3) is 0 Å². The van der Waals surface area contributed by atoms with E-state index in [1.807, 2.05) is 28.9 Å². The highest BCUT2D eigenvalue weighted by atomic mass is 15.0. The summed E-state index contributed by atoms with van der Waals surface area (Å²) in [5.74, 6) is 0. The fourth-order valence-corrected chi connectivity index (χ4v) is 2.06. The molecule has 1 aromatic carbocycles. The highest BCUT2D eigenvalue weighted by Crippen LogP contribution is 2.20. The van der Waals surface area contributed by atoms with Crippen molar-refractivity contribution in [3.8, 4) is 11.3 Å². The van der Waals surface area contributed by atoms with Crippen LogP contribution in [-0.2, 0) is 6.42 Å². The number of nitrogen functional groups attached to an aromatic ring is 1. The van der Waals surface area contributed by atoms with Crippen LogP contribution in [0.2, 0.25) is 0 Å². The van der Waals surface area contributed by atoms with Gasteiger partial charge in [-0.2, -0.15) is 0 Å². The monoisotopic (exact) mass is 237 g/mol. The Labute approximate surface area is 106 Å². The average molecular weight is 237 g/mol. The van der Waals surface area contributed by atoms with E-state index < -0.39 is 0 Å². The third kappa shape index (κ3) is 1.84. The Morgan fingerprint density at radius 3 is 2.56 bits per heavy atom. The number of hydrogen-bond acceptors (Lipinski definition) is 2. The van der Waals surface area contributed by atoms with Crippen molar-refractivity contribution in [3.63, 3.8) is 0 Å². The number of nitrogens with zero attached hydrogens (tertiary/aromatic N) is 2. The van der Waals surface area contributed by atoms with Crippen molar-refractivity contribution in [2.75, 3.05) is 5.73 Å². The van der Waals surface area contributed by atoms with Gasteiger partial charge in [0.15, 0.2) is 0 Å². The van der Waals surface area contributed by atoms with Gasteiger partial charge in [-0.05, 0) is 24.1 Å². The van der Waals surface area contributed by atoms with Crippen molar-refractivity contribution in [3.05, 3.63) is 54.4 Å². The van der Waals surface area contributed by atoms with Crippen LogP contribution in [0, 0.1) is 0 Å². The van der Waals surface area contributed by atoms with Gasteiger partial charge in [-0.1, -0.05) is 31.2 Å². The second-order valence-electron chi connectivity index (χ2n) is 4.40. The molecule has 3 rings (SSSR count). The number of nitrogens with two attached hydrogens (primary N) is 1. The zero-order valence-corrected chi connectivity index (χ0v) is 10.3. The van der Waals surface area contributed by atoms with Crippen LogP contribution in [0.25, 0.3) is 16.9 Å². The van der Waals surface area contributed by atoms with Crippen molar-refractivity contribution < 1.29 is 0 Å². The quantitative estimate of drug-likeness (QED) is 0.744. The summed E-state index contributed by atoms with van der Waals surface area (Å²) in [4.78, 5) is 4.59. The molecule has 0 aliphatic carbocycles. The molecule has 0 saturated carbocycles. The Kier molecular flexibility index (Phi) is 2.52. The normalized spacial score (nSPS) is 10.9. The number of aromatic nitrogens is 2. The summed E-state index contributed by atoms with van der Waals surface area (Å²) in [7, 11) is 0. The summed E-state index contributed by atoms with van der Waals surface area (Å²) < 4.78 is 1.96. The smallest absolute Gasteiger partial charge is 0.137 e. The fourth-order valence-electron chi connectivity index (χ4n) is 2.06. The molecule has 0 aliphatic rings. The van der Waals surface area contributed by atoms with Crippen LogP contribution >= 0.6 is 0 Å². The van der Waals surface area contributed by atoms with Gasteiger partial charge in [0, 0.05) is 23.6 Å². The molecule has 0 radical (unpaired) electrons. The highest BCUT2D eigenvalue weighted by molar-refractivity contribution is 5.63. The molecule has 0 spiro atoms. The molecule has 3 aromatic rings. The van der Waals surface area contributed by atoms with Gasteiger partial charge in [0.1, 0.15) is 5.65 Å². The lowest BCUT2D eigenvalue weighted by atomic mass is 10.1. The topological polar surface area (TPSA) is 43.3 Å². The number of rotatable bonds is 2. The minimum Gasteiger partial charge on any atom is -0.398 e. The Balaban J connectivity index is 2.07. The molecule has 2 heterocycles. The Morgan fingerprint density at radius 2 is 1.83 bits per heavy atom.